The summed E-state index contributed by atoms with van der Waals surface area (Å²) in [6.07, 6.45) is 1.31. The van der Waals surface area contributed by atoms with Crippen molar-refractivity contribution in [1.82, 2.24) is 20.2 Å². The van der Waals surface area contributed by atoms with Gasteiger partial charge in [0, 0.05) is 6.20 Å². The minimum absolute atomic E-state index is 0.188. The van der Waals surface area contributed by atoms with Crippen LogP contribution in [0.25, 0.3) is 17.2 Å². The summed E-state index contributed by atoms with van der Waals surface area (Å²) >= 11 is 5.20. The third-order valence-electron chi connectivity index (χ3n) is 3.07. The van der Waals surface area contributed by atoms with Gasteiger partial charge < -0.3 is 4.98 Å². The van der Waals surface area contributed by atoms with Crippen LogP contribution in [-0.4, -0.2) is 27.4 Å². The van der Waals surface area contributed by atoms with Gasteiger partial charge in [-0.2, -0.15) is 0 Å². The molecule has 3 rings (SSSR count). The zero-order valence-corrected chi connectivity index (χ0v) is 11.7. The largest absolute Gasteiger partial charge is 0.330 e. The average molecular weight is 302 g/mol. The van der Waals surface area contributed by atoms with E-state index < -0.39 is 17.8 Å². The van der Waals surface area contributed by atoms with Crippen LogP contribution in [0.1, 0.15) is 5.56 Å². The second kappa shape index (κ2) is 4.67. The number of carbonyl (C=O) groups is 3. The van der Waals surface area contributed by atoms with Crippen molar-refractivity contribution in [2.45, 2.75) is 6.92 Å². The SMILES string of the molecule is Cc1ccc2c(c1)[nH]c(=S)n2C=C1C(=O)NC(=O)NC1=O. The van der Waals surface area contributed by atoms with Gasteiger partial charge in [0.15, 0.2) is 4.77 Å². The smallest absolute Gasteiger partial charge is 0.328 e. The van der Waals surface area contributed by atoms with Crippen molar-refractivity contribution in [3.63, 3.8) is 0 Å². The van der Waals surface area contributed by atoms with Gasteiger partial charge in [-0.1, -0.05) is 6.07 Å². The summed E-state index contributed by atoms with van der Waals surface area (Å²) in [6.45, 7) is 1.94. The lowest BCUT2D eigenvalue weighted by Crippen LogP contribution is -2.51. The number of imidazole rings is 1. The predicted molar refractivity (Wildman–Crippen MR) is 77.8 cm³/mol. The first-order valence-electron chi connectivity index (χ1n) is 6.05. The molecule has 8 heteroatoms. The van der Waals surface area contributed by atoms with Crippen LogP contribution in [0.3, 0.4) is 0 Å². The van der Waals surface area contributed by atoms with E-state index in [1.54, 1.807) is 0 Å². The van der Waals surface area contributed by atoms with Crippen molar-refractivity contribution in [1.29, 1.82) is 0 Å². The van der Waals surface area contributed by atoms with Crippen LogP contribution >= 0.6 is 12.2 Å². The van der Waals surface area contributed by atoms with Crippen molar-refractivity contribution in [2.24, 2.45) is 0 Å². The highest BCUT2D eigenvalue weighted by molar-refractivity contribution is 7.71. The normalized spacial score (nSPS) is 15.1. The maximum Gasteiger partial charge on any atom is 0.328 e. The fourth-order valence-electron chi connectivity index (χ4n) is 2.09. The zero-order valence-electron chi connectivity index (χ0n) is 10.9. The number of nitrogens with one attached hydrogen (secondary N) is 3. The molecule has 2 heterocycles. The summed E-state index contributed by atoms with van der Waals surface area (Å²) in [7, 11) is 0. The quantitative estimate of drug-likeness (QED) is 0.419. The van der Waals surface area contributed by atoms with Gasteiger partial charge >= 0.3 is 6.03 Å². The number of benzene rings is 1. The van der Waals surface area contributed by atoms with Crippen LogP contribution in [0, 0.1) is 11.7 Å². The summed E-state index contributed by atoms with van der Waals surface area (Å²) in [5, 5.41) is 4.03. The van der Waals surface area contributed by atoms with Crippen molar-refractivity contribution in [3.05, 3.63) is 34.1 Å². The fourth-order valence-corrected chi connectivity index (χ4v) is 2.36. The number of aromatic amines is 1. The fraction of sp³-hybridized carbons (Fsp3) is 0.0769. The average Bonchev–Trinajstić information content (AvgIpc) is 2.68. The maximum atomic E-state index is 11.7. The van der Waals surface area contributed by atoms with Crippen LogP contribution in [0.5, 0.6) is 0 Å². The minimum Gasteiger partial charge on any atom is -0.330 e. The molecule has 3 N–H and O–H groups in total. The van der Waals surface area contributed by atoms with Crippen LogP contribution < -0.4 is 10.6 Å². The standard InChI is InChI=1S/C13H10N4O3S/c1-6-2-3-9-8(4-6)14-13(21)17(9)5-7-10(18)15-12(20)16-11(7)19/h2-5H,1H3,(H,14,21)(H2,15,16,18,19,20). The highest BCUT2D eigenvalue weighted by atomic mass is 32.1. The number of barbiturate groups is 1. The summed E-state index contributed by atoms with van der Waals surface area (Å²) in [5.41, 5.74) is 2.39. The number of fused-ring (bicyclic) bond motifs is 1. The molecule has 106 valence electrons. The number of H-pyrrole nitrogens is 1. The number of urea groups is 1. The first-order valence-corrected chi connectivity index (χ1v) is 6.46. The van der Waals surface area contributed by atoms with E-state index in [0.717, 1.165) is 16.6 Å². The van der Waals surface area contributed by atoms with E-state index in [0.29, 0.717) is 4.77 Å². The Morgan fingerprint density at radius 2 is 1.81 bits per heavy atom. The first-order chi connectivity index (χ1) is 9.95. The number of nitrogens with zero attached hydrogens (tertiary/aromatic N) is 1. The summed E-state index contributed by atoms with van der Waals surface area (Å²) in [4.78, 5) is 37.5. The van der Waals surface area contributed by atoms with Gasteiger partial charge in [0.25, 0.3) is 11.8 Å². The zero-order chi connectivity index (χ0) is 15.1. The Bertz CT molecular complexity index is 868. The molecular weight excluding hydrogens is 292 g/mol. The van der Waals surface area contributed by atoms with Crippen molar-refractivity contribution < 1.29 is 14.4 Å². The number of carbonyl (C=O) groups excluding carboxylic acids is 3. The lowest BCUT2D eigenvalue weighted by molar-refractivity contribution is -0.123. The molecule has 0 aliphatic carbocycles. The molecule has 2 aromatic rings. The number of hydrogen-bond donors (Lipinski definition) is 3. The highest BCUT2D eigenvalue weighted by Crippen LogP contribution is 2.17. The number of aryl methyl sites for hydroxylation is 1. The molecule has 1 aliphatic heterocycles. The van der Waals surface area contributed by atoms with E-state index in [1.165, 1.54) is 10.8 Å². The second-order valence-corrected chi connectivity index (χ2v) is 4.99. The van der Waals surface area contributed by atoms with Gasteiger partial charge in [-0.3, -0.25) is 24.8 Å². The van der Waals surface area contributed by atoms with Crippen LogP contribution in [0.2, 0.25) is 0 Å². The predicted octanol–water partition coefficient (Wildman–Crippen LogP) is 1.21. The molecule has 0 atom stereocenters. The molecule has 1 fully saturated rings. The summed E-state index contributed by atoms with van der Waals surface area (Å²) in [6, 6.07) is 4.80. The third kappa shape index (κ3) is 2.25. The molecule has 0 bridgehead atoms. The topological polar surface area (TPSA) is 96.0 Å². The first kappa shape index (κ1) is 13.3. The molecule has 1 aromatic heterocycles. The molecule has 0 unspecified atom stereocenters. The van der Waals surface area contributed by atoms with Gasteiger partial charge in [-0.25, -0.2) is 4.79 Å². The number of amides is 4. The van der Waals surface area contributed by atoms with E-state index in [1.807, 2.05) is 35.8 Å². The molecule has 0 radical (unpaired) electrons. The number of aromatic nitrogens is 2. The lowest BCUT2D eigenvalue weighted by atomic mass is 10.2. The molecule has 4 amide bonds. The van der Waals surface area contributed by atoms with Gasteiger partial charge in [0.1, 0.15) is 5.57 Å². The second-order valence-electron chi connectivity index (χ2n) is 4.60. The minimum atomic E-state index is -0.833. The van der Waals surface area contributed by atoms with E-state index in [9.17, 15) is 14.4 Å². The molecule has 0 saturated carbocycles. The van der Waals surface area contributed by atoms with E-state index in [2.05, 4.69) is 4.98 Å². The lowest BCUT2D eigenvalue weighted by Gasteiger charge is -2.13. The van der Waals surface area contributed by atoms with Gasteiger partial charge in [0.05, 0.1) is 11.0 Å². The third-order valence-corrected chi connectivity index (χ3v) is 3.37. The molecular formula is C13H10N4O3S. The molecule has 1 aromatic carbocycles. The van der Waals surface area contributed by atoms with E-state index in [-0.39, 0.29) is 5.57 Å². The Hall–Kier alpha value is -2.74. The Labute approximate surface area is 123 Å². The maximum absolute atomic E-state index is 11.7. The number of rotatable bonds is 1. The van der Waals surface area contributed by atoms with Crippen LogP contribution in [-0.2, 0) is 9.59 Å². The van der Waals surface area contributed by atoms with Gasteiger partial charge in [-0.05, 0) is 36.8 Å². The highest BCUT2D eigenvalue weighted by Gasteiger charge is 2.28. The van der Waals surface area contributed by atoms with Gasteiger partial charge in [0.2, 0.25) is 0 Å². The van der Waals surface area contributed by atoms with Crippen molar-refractivity contribution in [3.8, 4) is 0 Å². The van der Waals surface area contributed by atoms with Crippen molar-refractivity contribution in [2.75, 3.05) is 0 Å². The molecule has 1 saturated heterocycles. The Balaban J connectivity index is 2.17. The van der Waals surface area contributed by atoms with Gasteiger partial charge in [-0.15, -0.1) is 0 Å². The number of imide groups is 2. The molecule has 0 spiro atoms. The number of hydrogen-bond acceptors (Lipinski definition) is 4. The summed E-state index contributed by atoms with van der Waals surface area (Å²) < 4.78 is 1.87. The van der Waals surface area contributed by atoms with Crippen LogP contribution in [0.4, 0.5) is 4.79 Å². The van der Waals surface area contributed by atoms with Crippen LogP contribution in [0.15, 0.2) is 23.8 Å². The Morgan fingerprint density at radius 1 is 1.14 bits per heavy atom. The monoisotopic (exact) mass is 302 g/mol. The molecule has 7 nitrogen and oxygen atoms in total. The van der Waals surface area contributed by atoms with Crippen molar-refractivity contribution >= 4 is 47.3 Å². The summed E-state index contributed by atoms with van der Waals surface area (Å²) in [5.74, 6) is -1.51. The Morgan fingerprint density at radius 3 is 2.48 bits per heavy atom. The van der Waals surface area contributed by atoms with E-state index >= 15 is 0 Å². The molecule has 21 heavy (non-hydrogen) atoms. The van der Waals surface area contributed by atoms with E-state index in [4.69, 9.17) is 12.2 Å². The molecule has 1 aliphatic rings. The Kier molecular flexibility index (Phi) is 2.95.